The smallest absolute Gasteiger partial charge is 0.308 e. The summed E-state index contributed by atoms with van der Waals surface area (Å²) in [5.74, 6) is -0.318. The zero-order chi connectivity index (χ0) is 13.6. The molecule has 2 aliphatic rings. The van der Waals surface area contributed by atoms with E-state index in [-0.39, 0.29) is 23.3 Å². The zero-order valence-corrected chi connectivity index (χ0v) is 10.7. The van der Waals surface area contributed by atoms with E-state index >= 15 is 0 Å². The first-order valence-electron chi connectivity index (χ1n) is 6.59. The van der Waals surface area contributed by atoms with E-state index in [4.69, 9.17) is 0 Å². The quantitative estimate of drug-likeness (QED) is 0.838. The summed E-state index contributed by atoms with van der Waals surface area (Å²) < 4.78 is 1.44. The number of nitrogens with one attached hydrogen (secondary N) is 1. The standard InChI is InChI=1S/C13H17N3O3/c1-16-5-4-14-11(12(16)17)15-10-8-3-2-7(6-8)9(10)13(18)19/h4-5,7-10H,2-3,6H2,1H3,(H,14,15)(H,18,19). The number of fused-ring (bicyclic) bond motifs is 2. The second-order valence-corrected chi connectivity index (χ2v) is 5.56. The molecule has 0 amide bonds. The molecule has 2 bridgehead atoms. The van der Waals surface area contributed by atoms with Crippen LogP contribution in [-0.2, 0) is 11.8 Å². The van der Waals surface area contributed by atoms with E-state index in [1.54, 1.807) is 19.4 Å². The highest BCUT2D eigenvalue weighted by molar-refractivity contribution is 5.73. The third-order valence-electron chi connectivity index (χ3n) is 4.52. The maximum Gasteiger partial charge on any atom is 0.308 e. The predicted molar refractivity (Wildman–Crippen MR) is 68.8 cm³/mol. The molecule has 6 nitrogen and oxygen atoms in total. The molecule has 2 saturated carbocycles. The lowest BCUT2D eigenvalue weighted by Gasteiger charge is -2.29. The van der Waals surface area contributed by atoms with E-state index in [0.29, 0.717) is 5.92 Å². The molecule has 2 fully saturated rings. The fraction of sp³-hybridized carbons (Fsp3) is 0.615. The molecule has 0 aromatic carbocycles. The van der Waals surface area contributed by atoms with Crippen LogP contribution in [0.15, 0.2) is 17.2 Å². The minimum absolute atomic E-state index is 0.168. The topological polar surface area (TPSA) is 84.2 Å². The van der Waals surface area contributed by atoms with Gasteiger partial charge in [-0.05, 0) is 31.1 Å². The van der Waals surface area contributed by atoms with Crippen LogP contribution >= 0.6 is 0 Å². The number of carboxylic acid groups (broad SMARTS) is 1. The molecule has 102 valence electrons. The van der Waals surface area contributed by atoms with E-state index in [2.05, 4.69) is 10.3 Å². The first-order valence-corrected chi connectivity index (χ1v) is 6.59. The third-order valence-corrected chi connectivity index (χ3v) is 4.52. The molecule has 2 N–H and O–H groups in total. The molecule has 0 aliphatic heterocycles. The monoisotopic (exact) mass is 263 g/mol. The SMILES string of the molecule is Cn1ccnc(NC2C3CCC(C3)C2C(=O)O)c1=O. The largest absolute Gasteiger partial charge is 0.481 e. The Labute approximate surface area is 110 Å². The van der Waals surface area contributed by atoms with Crippen molar-refractivity contribution in [2.24, 2.45) is 24.8 Å². The Kier molecular flexibility index (Phi) is 2.80. The Bertz CT molecular complexity index is 568. The van der Waals surface area contributed by atoms with Crippen LogP contribution in [0, 0.1) is 17.8 Å². The normalized spacial score (nSPS) is 32.5. The average molecular weight is 263 g/mol. The van der Waals surface area contributed by atoms with E-state index in [9.17, 15) is 14.7 Å². The maximum absolute atomic E-state index is 11.9. The number of aromatic nitrogens is 2. The number of hydrogen-bond donors (Lipinski definition) is 2. The van der Waals surface area contributed by atoms with Gasteiger partial charge in [-0.15, -0.1) is 0 Å². The molecule has 1 aromatic rings. The van der Waals surface area contributed by atoms with Gasteiger partial charge in [0.1, 0.15) is 0 Å². The summed E-state index contributed by atoms with van der Waals surface area (Å²) in [7, 11) is 1.66. The Hall–Kier alpha value is -1.85. The second kappa shape index (κ2) is 4.36. The van der Waals surface area contributed by atoms with Gasteiger partial charge in [0.2, 0.25) is 0 Å². The van der Waals surface area contributed by atoms with Gasteiger partial charge >= 0.3 is 5.97 Å². The Morgan fingerprint density at radius 3 is 2.95 bits per heavy atom. The molecule has 0 radical (unpaired) electrons. The third kappa shape index (κ3) is 1.91. The number of aryl methyl sites for hydroxylation is 1. The van der Waals surface area contributed by atoms with Gasteiger partial charge in [-0.1, -0.05) is 0 Å². The highest BCUT2D eigenvalue weighted by Gasteiger charge is 2.51. The summed E-state index contributed by atoms with van der Waals surface area (Å²) in [4.78, 5) is 27.4. The molecule has 0 spiro atoms. The van der Waals surface area contributed by atoms with Crippen LogP contribution in [0.2, 0.25) is 0 Å². The van der Waals surface area contributed by atoms with Crippen LogP contribution in [0.3, 0.4) is 0 Å². The van der Waals surface area contributed by atoms with Gasteiger partial charge in [-0.25, -0.2) is 4.98 Å². The van der Waals surface area contributed by atoms with E-state index < -0.39 is 11.9 Å². The Morgan fingerprint density at radius 1 is 1.47 bits per heavy atom. The Morgan fingerprint density at radius 2 is 2.21 bits per heavy atom. The first-order chi connectivity index (χ1) is 9.08. The highest BCUT2D eigenvalue weighted by atomic mass is 16.4. The van der Waals surface area contributed by atoms with Gasteiger partial charge in [-0.3, -0.25) is 9.59 Å². The maximum atomic E-state index is 11.9. The van der Waals surface area contributed by atoms with Crippen molar-refractivity contribution >= 4 is 11.8 Å². The molecule has 0 saturated heterocycles. The second-order valence-electron chi connectivity index (χ2n) is 5.56. The molecule has 6 heteroatoms. The summed E-state index contributed by atoms with van der Waals surface area (Å²) in [5, 5.41) is 12.5. The summed E-state index contributed by atoms with van der Waals surface area (Å²) >= 11 is 0. The molecule has 1 heterocycles. The van der Waals surface area contributed by atoms with Gasteiger partial charge < -0.3 is 15.0 Å². The van der Waals surface area contributed by atoms with Crippen molar-refractivity contribution in [2.45, 2.75) is 25.3 Å². The molecule has 19 heavy (non-hydrogen) atoms. The lowest BCUT2D eigenvalue weighted by Crippen LogP contribution is -2.41. The predicted octanol–water partition coefficient (Wildman–Crippen LogP) is 0.692. The minimum atomic E-state index is -0.766. The van der Waals surface area contributed by atoms with Crippen molar-refractivity contribution in [3.05, 3.63) is 22.7 Å². The summed E-state index contributed by atoms with van der Waals surface area (Å²) in [6.07, 6.45) is 6.11. The van der Waals surface area contributed by atoms with Crippen LogP contribution in [0.1, 0.15) is 19.3 Å². The van der Waals surface area contributed by atoms with Gasteiger partial charge in [0.15, 0.2) is 5.82 Å². The van der Waals surface area contributed by atoms with Gasteiger partial charge in [-0.2, -0.15) is 0 Å². The van der Waals surface area contributed by atoms with Crippen molar-refractivity contribution in [3.8, 4) is 0 Å². The minimum Gasteiger partial charge on any atom is -0.481 e. The van der Waals surface area contributed by atoms with Crippen LogP contribution in [0.25, 0.3) is 0 Å². The number of carbonyl (C=O) groups is 1. The van der Waals surface area contributed by atoms with Crippen molar-refractivity contribution in [1.29, 1.82) is 0 Å². The van der Waals surface area contributed by atoms with Crippen LogP contribution in [0.4, 0.5) is 5.82 Å². The van der Waals surface area contributed by atoms with E-state index in [1.807, 2.05) is 0 Å². The number of aliphatic carboxylic acids is 1. The highest BCUT2D eigenvalue weighted by Crippen LogP contribution is 2.49. The number of anilines is 1. The van der Waals surface area contributed by atoms with Crippen molar-refractivity contribution in [2.75, 3.05) is 5.32 Å². The van der Waals surface area contributed by atoms with E-state index in [1.165, 1.54) is 4.57 Å². The number of nitrogens with zero attached hydrogens (tertiary/aromatic N) is 2. The molecule has 1 aromatic heterocycles. The lowest BCUT2D eigenvalue weighted by molar-refractivity contribution is -0.143. The van der Waals surface area contributed by atoms with Gasteiger partial charge in [0, 0.05) is 25.5 Å². The van der Waals surface area contributed by atoms with Gasteiger partial charge in [0.25, 0.3) is 5.56 Å². The van der Waals surface area contributed by atoms with Crippen LogP contribution < -0.4 is 10.9 Å². The fourth-order valence-electron chi connectivity index (χ4n) is 3.61. The summed E-state index contributed by atoms with van der Waals surface area (Å²) in [6.45, 7) is 0. The van der Waals surface area contributed by atoms with E-state index in [0.717, 1.165) is 19.3 Å². The summed E-state index contributed by atoms with van der Waals surface area (Å²) in [5.41, 5.74) is -0.214. The number of hydrogen-bond acceptors (Lipinski definition) is 4. The molecule has 2 aliphatic carbocycles. The molecule has 4 unspecified atom stereocenters. The molecular weight excluding hydrogens is 246 g/mol. The first kappa shape index (κ1) is 12.2. The Balaban J connectivity index is 1.88. The van der Waals surface area contributed by atoms with Crippen LogP contribution in [-0.4, -0.2) is 26.7 Å². The van der Waals surface area contributed by atoms with Crippen molar-refractivity contribution in [1.82, 2.24) is 9.55 Å². The summed E-state index contributed by atoms with van der Waals surface area (Å²) in [6, 6.07) is -0.168. The van der Waals surface area contributed by atoms with Crippen molar-refractivity contribution in [3.63, 3.8) is 0 Å². The molecular formula is C13H17N3O3. The average Bonchev–Trinajstić information content (AvgIpc) is 2.95. The number of rotatable bonds is 3. The molecule has 3 rings (SSSR count). The fourth-order valence-corrected chi connectivity index (χ4v) is 3.61. The lowest BCUT2D eigenvalue weighted by atomic mass is 9.84. The van der Waals surface area contributed by atoms with Crippen molar-refractivity contribution < 1.29 is 9.90 Å². The molecule has 4 atom stereocenters. The zero-order valence-electron chi connectivity index (χ0n) is 10.7. The van der Waals surface area contributed by atoms with Crippen LogP contribution in [0.5, 0.6) is 0 Å². The number of carboxylic acids is 1. The van der Waals surface area contributed by atoms with Gasteiger partial charge in [0.05, 0.1) is 5.92 Å².